The maximum absolute atomic E-state index is 12.1. The minimum Gasteiger partial charge on any atom is -0.484 e. The van der Waals surface area contributed by atoms with Gasteiger partial charge in [0.25, 0.3) is 5.91 Å². The number of aromatic amines is 1. The lowest BCUT2D eigenvalue weighted by Crippen LogP contribution is -2.42. The monoisotopic (exact) mass is 362 g/mol. The molecule has 0 atom stereocenters. The van der Waals surface area contributed by atoms with Crippen LogP contribution in [0.2, 0.25) is 0 Å². The van der Waals surface area contributed by atoms with E-state index in [-0.39, 0.29) is 12.5 Å². The summed E-state index contributed by atoms with van der Waals surface area (Å²) in [7, 11) is 0. The first-order valence-corrected chi connectivity index (χ1v) is 8.71. The Balaban J connectivity index is 1.43. The van der Waals surface area contributed by atoms with Gasteiger partial charge < -0.3 is 19.4 Å². The molecule has 1 aromatic heterocycles. The van der Waals surface area contributed by atoms with Gasteiger partial charge in [-0.15, -0.1) is 0 Å². The maximum atomic E-state index is 12.1. The number of carbonyl (C=O) groups is 1. The van der Waals surface area contributed by atoms with Crippen molar-refractivity contribution in [2.75, 3.05) is 32.9 Å². The van der Waals surface area contributed by atoms with Crippen molar-refractivity contribution >= 4 is 16.9 Å². The average molecular weight is 362 g/mol. The molecule has 0 unspecified atom stereocenters. The van der Waals surface area contributed by atoms with Crippen molar-refractivity contribution in [1.29, 1.82) is 5.26 Å². The van der Waals surface area contributed by atoms with E-state index in [9.17, 15) is 4.79 Å². The molecule has 0 bridgehead atoms. The van der Waals surface area contributed by atoms with Gasteiger partial charge in [-0.25, -0.2) is 4.98 Å². The van der Waals surface area contributed by atoms with Crippen LogP contribution in [-0.4, -0.2) is 53.7 Å². The quantitative estimate of drug-likeness (QED) is 0.769. The van der Waals surface area contributed by atoms with Crippen LogP contribution in [0.15, 0.2) is 42.5 Å². The molecule has 0 saturated carbocycles. The Labute approximate surface area is 156 Å². The van der Waals surface area contributed by atoms with Gasteiger partial charge in [0.1, 0.15) is 11.6 Å². The Hall–Kier alpha value is -3.37. The van der Waals surface area contributed by atoms with Crippen LogP contribution < -0.4 is 4.74 Å². The number of H-pyrrole nitrogens is 1. The SMILES string of the molecule is N#Cc1ccc2[nH]c(-c3ccc(OCC(=O)N4CCOCC4)cc3)nc2c1. The molecule has 0 aliphatic carbocycles. The number of hydrogen-bond acceptors (Lipinski definition) is 5. The predicted molar refractivity (Wildman–Crippen MR) is 99.1 cm³/mol. The van der Waals surface area contributed by atoms with Gasteiger partial charge in [-0.1, -0.05) is 0 Å². The highest BCUT2D eigenvalue weighted by atomic mass is 16.5. The molecule has 1 saturated heterocycles. The number of carbonyl (C=O) groups excluding carboxylic acids is 1. The molecule has 3 aromatic rings. The maximum Gasteiger partial charge on any atom is 0.260 e. The number of benzene rings is 2. The Kier molecular flexibility index (Phi) is 4.73. The standard InChI is InChI=1S/C20H18N4O3/c21-12-14-1-6-17-18(11-14)23-20(22-17)15-2-4-16(5-3-15)27-13-19(25)24-7-9-26-10-8-24/h1-6,11H,7-10,13H2,(H,22,23). The summed E-state index contributed by atoms with van der Waals surface area (Å²) in [6, 6.07) is 14.9. The number of nitriles is 1. The van der Waals surface area contributed by atoms with Crippen molar-refractivity contribution < 1.29 is 14.3 Å². The van der Waals surface area contributed by atoms with Gasteiger partial charge in [0.15, 0.2) is 6.61 Å². The normalized spacial score (nSPS) is 14.1. The molecule has 1 aliphatic heterocycles. The van der Waals surface area contributed by atoms with Crippen LogP contribution in [0.4, 0.5) is 0 Å². The second kappa shape index (κ2) is 7.48. The van der Waals surface area contributed by atoms with Crippen LogP contribution in [0.3, 0.4) is 0 Å². The second-order valence-electron chi connectivity index (χ2n) is 6.24. The number of rotatable bonds is 4. The topological polar surface area (TPSA) is 91.2 Å². The van der Waals surface area contributed by atoms with E-state index in [2.05, 4.69) is 16.0 Å². The minimum atomic E-state index is -0.0343. The van der Waals surface area contributed by atoms with E-state index in [1.807, 2.05) is 30.3 Å². The molecule has 27 heavy (non-hydrogen) atoms. The Bertz CT molecular complexity index is 998. The fourth-order valence-corrected chi connectivity index (χ4v) is 2.97. The highest BCUT2D eigenvalue weighted by Gasteiger charge is 2.17. The summed E-state index contributed by atoms with van der Waals surface area (Å²) in [5.74, 6) is 1.31. The fourth-order valence-electron chi connectivity index (χ4n) is 2.97. The van der Waals surface area contributed by atoms with Gasteiger partial charge in [-0.2, -0.15) is 5.26 Å². The molecular formula is C20H18N4O3. The summed E-state index contributed by atoms with van der Waals surface area (Å²) in [6.45, 7) is 2.39. The van der Waals surface area contributed by atoms with Crippen molar-refractivity contribution in [2.45, 2.75) is 0 Å². The Morgan fingerprint density at radius 1 is 1.22 bits per heavy atom. The van der Waals surface area contributed by atoms with E-state index < -0.39 is 0 Å². The molecule has 1 fully saturated rings. The van der Waals surface area contributed by atoms with E-state index in [1.165, 1.54) is 0 Å². The summed E-state index contributed by atoms with van der Waals surface area (Å²) in [5, 5.41) is 8.99. The lowest BCUT2D eigenvalue weighted by molar-refractivity contribution is -0.137. The van der Waals surface area contributed by atoms with Crippen LogP contribution in [-0.2, 0) is 9.53 Å². The molecule has 0 spiro atoms. The minimum absolute atomic E-state index is 0.0148. The van der Waals surface area contributed by atoms with Crippen LogP contribution >= 0.6 is 0 Å². The second-order valence-corrected chi connectivity index (χ2v) is 6.24. The van der Waals surface area contributed by atoms with Gasteiger partial charge >= 0.3 is 0 Å². The number of morpholine rings is 1. The zero-order valence-corrected chi connectivity index (χ0v) is 14.6. The highest BCUT2D eigenvalue weighted by Crippen LogP contribution is 2.23. The number of imidazole rings is 1. The third kappa shape index (κ3) is 3.76. The van der Waals surface area contributed by atoms with Crippen LogP contribution in [0.5, 0.6) is 5.75 Å². The number of fused-ring (bicyclic) bond motifs is 1. The van der Waals surface area contributed by atoms with Crippen LogP contribution in [0, 0.1) is 11.3 Å². The smallest absolute Gasteiger partial charge is 0.260 e. The first kappa shape index (κ1) is 17.1. The molecule has 1 N–H and O–H groups in total. The van der Waals surface area contributed by atoms with Crippen molar-refractivity contribution in [1.82, 2.24) is 14.9 Å². The Morgan fingerprint density at radius 2 is 2.00 bits per heavy atom. The fraction of sp³-hybridized carbons (Fsp3) is 0.250. The molecule has 136 valence electrons. The third-order valence-corrected chi connectivity index (χ3v) is 4.47. The average Bonchev–Trinajstić information content (AvgIpc) is 3.16. The number of nitrogens with one attached hydrogen (secondary N) is 1. The van der Waals surface area contributed by atoms with Crippen LogP contribution in [0.25, 0.3) is 22.4 Å². The third-order valence-electron chi connectivity index (χ3n) is 4.47. The van der Waals surface area contributed by atoms with Crippen molar-refractivity contribution in [3.63, 3.8) is 0 Å². The summed E-state index contributed by atoms with van der Waals surface area (Å²) in [5.41, 5.74) is 3.10. The van der Waals surface area contributed by atoms with Gasteiger partial charge in [-0.05, 0) is 42.5 Å². The van der Waals surface area contributed by atoms with Crippen molar-refractivity contribution in [2.24, 2.45) is 0 Å². The van der Waals surface area contributed by atoms with Gasteiger partial charge in [0.05, 0.1) is 35.9 Å². The number of nitrogens with zero attached hydrogens (tertiary/aromatic N) is 3. The van der Waals surface area contributed by atoms with E-state index >= 15 is 0 Å². The molecule has 2 heterocycles. The van der Waals surface area contributed by atoms with E-state index in [1.54, 1.807) is 17.0 Å². The summed E-state index contributed by atoms with van der Waals surface area (Å²) in [6.07, 6.45) is 0. The number of ether oxygens (including phenoxy) is 2. The summed E-state index contributed by atoms with van der Waals surface area (Å²) < 4.78 is 10.8. The molecule has 7 nitrogen and oxygen atoms in total. The van der Waals surface area contributed by atoms with Crippen LogP contribution in [0.1, 0.15) is 5.56 Å². The molecular weight excluding hydrogens is 344 g/mol. The Morgan fingerprint density at radius 3 is 2.74 bits per heavy atom. The zero-order chi connectivity index (χ0) is 18.6. The van der Waals surface area contributed by atoms with Gasteiger partial charge in [0.2, 0.25) is 0 Å². The molecule has 1 amide bonds. The lowest BCUT2D eigenvalue weighted by atomic mass is 10.2. The first-order chi connectivity index (χ1) is 13.2. The number of aromatic nitrogens is 2. The number of amides is 1. The highest BCUT2D eigenvalue weighted by molar-refractivity contribution is 5.81. The summed E-state index contributed by atoms with van der Waals surface area (Å²) >= 11 is 0. The van der Waals surface area contributed by atoms with Crippen molar-refractivity contribution in [3.8, 4) is 23.2 Å². The predicted octanol–water partition coefficient (Wildman–Crippen LogP) is 2.34. The van der Waals surface area contributed by atoms with E-state index in [4.69, 9.17) is 14.7 Å². The molecule has 7 heteroatoms. The zero-order valence-electron chi connectivity index (χ0n) is 14.6. The van der Waals surface area contributed by atoms with Gasteiger partial charge in [-0.3, -0.25) is 4.79 Å². The largest absolute Gasteiger partial charge is 0.484 e. The lowest BCUT2D eigenvalue weighted by Gasteiger charge is -2.26. The number of hydrogen-bond donors (Lipinski definition) is 1. The van der Waals surface area contributed by atoms with E-state index in [0.29, 0.717) is 37.6 Å². The molecule has 1 aliphatic rings. The first-order valence-electron chi connectivity index (χ1n) is 8.71. The summed E-state index contributed by atoms with van der Waals surface area (Å²) in [4.78, 5) is 21.6. The van der Waals surface area contributed by atoms with E-state index in [0.717, 1.165) is 22.4 Å². The van der Waals surface area contributed by atoms with Gasteiger partial charge in [0, 0.05) is 18.7 Å². The molecule has 0 radical (unpaired) electrons. The van der Waals surface area contributed by atoms with Crippen molar-refractivity contribution in [3.05, 3.63) is 48.0 Å². The molecule has 2 aromatic carbocycles. The molecule has 4 rings (SSSR count).